The van der Waals surface area contributed by atoms with Crippen LogP contribution < -0.4 is 5.56 Å². The van der Waals surface area contributed by atoms with Crippen LogP contribution >= 0.6 is 0 Å². The molecule has 2 aromatic carbocycles. The first-order chi connectivity index (χ1) is 16.6. The number of hydrogen-bond acceptors (Lipinski definition) is 5. The third-order valence-electron chi connectivity index (χ3n) is 6.97. The average Bonchev–Trinajstić information content (AvgIpc) is 3.07. The summed E-state index contributed by atoms with van der Waals surface area (Å²) in [6.07, 6.45) is 0. The molecule has 2 N–H and O–H groups in total. The fourth-order valence-electron chi connectivity index (χ4n) is 5.44. The smallest absolute Gasteiger partial charge is 0.308 e. The molecule has 4 atom stereocenters. The van der Waals surface area contributed by atoms with Crippen molar-refractivity contribution in [3.8, 4) is 11.1 Å². The van der Waals surface area contributed by atoms with E-state index in [1.165, 1.54) is 47.0 Å². The van der Waals surface area contributed by atoms with E-state index in [1.807, 2.05) is 0 Å². The number of aliphatic carboxylic acids is 1. The quantitative estimate of drug-likeness (QED) is 0.558. The number of pyridine rings is 1. The number of rotatable bonds is 5. The first-order valence-corrected chi connectivity index (χ1v) is 12.5. The molecule has 0 amide bonds. The van der Waals surface area contributed by atoms with E-state index < -0.39 is 57.9 Å². The molecule has 0 unspecified atom stereocenters. The van der Waals surface area contributed by atoms with Crippen molar-refractivity contribution in [2.45, 2.75) is 30.4 Å². The number of carbonyl (C=O) groups is 1. The monoisotopic (exact) mass is 498 g/mol. The molecular weight excluding hydrogens is 475 g/mol. The molecule has 10 heteroatoms. The first kappa shape index (κ1) is 23.4. The van der Waals surface area contributed by atoms with Gasteiger partial charge in [-0.15, -0.1) is 0 Å². The van der Waals surface area contributed by atoms with Crippen LogP contribution in [-0.4, -0.2) is 46.1 Å². The molecule has 35 heavy (non-hydrogen) atoms. The van der Waals surface area contributed by atoms with Gasteiger partial charge in [-0.3, -0.25) is 9.59 Å². The molecule has 1 aromatic heterocycles. The second-order valence-corrected chi connectivity index (χ2v) is 10.8. The topological polar surface area (TPSA) is 117 Å². The summed E-state index contributed by atoms with van der Waals surface area (Å²) < 4.78 is 43.9. The van der Waals surface area contributed by atoms with Gasteiger partial charge in [0, 0.05) is 36.4 Å². The lowest BCUT2D eigenvalue weighted by Crippen LogP contribution is -2.49. The normalized spacial score (nSPS) is 23.7. The lowest BCUT2D eigenvalue weighted by Gasteiger charge is -2.37. The molecule has 2 aliphatic rings. The van der Waals surface area contributed by atoms with Crippen LogP contribution in [0.2, 0.25) is 0 Å². The Hall–Kier alpha value is -3.34. The van der Waals surface area contributed by atoms with Crippen LogP contribution in [0.5, 0.6) is 0 Å². The lowest BCUT2D eigenvalue weighted by molar-refractivity contribution is -0.144. The highest BCUT2D eigenvalue weighted by Crippen LogP contribution is 2.51. The summed E-state index contributed by atoms with van der Waals surface area (Å²) in [7, 11) is -4.16. The SMILES string of the molecule is Cc1cccc(S(=O)(=O)N2[C@@H]3c4ccc(-c5cccc(F)c5)c(=O)n4C[C@H]2[C@H](CO)[C@H]3C(=O)O)c1. The van der Waals surface area contributed by atoms with Crippen molar-refractivity contribution >= 4 is 16.0 Å². The highest BCUT2D eigenvalue weighted by molar-refractivity contribution is 7.89. The molecule has 8 nitrogen and oxygen atoms in total. The Morgan fingerprint density at radius 1 is 1.11 bits per heavy atom. The number of nitrogens with zero attached hydrogens (tertiary/aromatic N) is 2. The molecule has 0 saturated carbocycles. The van der Waals surface area contributed by atoms with E-state index in [2.05, 4.69) is 0 Å². The first-order valence-electron chi connectivity index (χ1n) is 11.1. The summed E-state index contributed by atoms with van der Waals surface area (Å²) in [5.74, 6) is -3.94. The van der Waals surface area contributed by atoms with Crippen molar-refractivity contribution in [2.75, 3.05) is 6.61 Å². The Bertz CT molecular complexity index is 1500. The van der Waals surface area contributed by atoms with Crippen LogP contribution in [0.1, 0.15) is 17.3 Å². The van der Waals surface area contributed by atoms with Gasteiger partial charge in [-0.1, -0.05) is 24.3 Å². The van der Waals surface area contributed by atoms with E-state index in [4.69, 9.17) is 0 Å². The summed E-state index contributed by atoms with van der Waals surface area (Å²) in [6, 6.07) is 12.7. The molecule has 182 valence electrons. The molecule has 2 aliphatic heterocycles. The van der Waals surface area contributed by atoms with Crippen molar-refractivity contribution in [1.29, 1.82) is 0 Å². The zero-order chi connectivity index (χ0) is 25.1. The van der Waals surface area contributed by atoms with E-state index in [1.54, 1.807) is 25.1 Å². The van der Waals surface area contributed by atoms with Gasteiger partial charge in [0.15, 0.2) is 0 Å². The van der Waals surface area contributed by atoms with Gasteiger partial charge in [0.05, 0.1) is 16.9 Å². The van der Waals surface area contributed by atoms with Gasteiger partial charge < -0.3 is 14.8 Å². The summed E-state index contributed by atoms with van der Waals surface area (Å²) >= 11 is 0. The number of fused-ring (bicyclic) bond motifs is 4. The van der Waals surface area contributed by atoms with Crippen molar-refractivity contribution in [3.63, 3.8) is 0 Å². The van der Waals surface area contributed by atoms with Crippen LogP contribution in [0.4, 0.5) is 4.39 Å². The molecule has 3 aromatic rings. The van der Waals surface area contributed by atoms with Crippen molar-refractivity contribution in [1.82, 2.24) is 8.87 Å². The number of aliphatic hydroxyl groups excluding tert-OH is 1. The number of carboxylic acids is 1. The van der Waals surface area contributed by atoms with E-state index in [0.29, 0.717) is 5.56 Å². The molecule has 0 radical (unpaired) electrons. The van der Waals surface area contributed by atoms with Crippen LogP contribution in [-0.2, 0) is 21.4 Å². The molecular formula is C25H23FN2O6S. The minimum atomic E-state index is -4.16. The van der Waals surface area contributed by atoms with Crippen LogP contribution in [0, 0.1) is 24.6 Å². The van der Waals surface area contributed by atoms with Gasteiger partial charge in [-0.05, 0) is 54.4 Å². The highest BCUT2D eigenvalue weighted by Gasteiger charge is 2.60. The van der Waals surface area contributed by atoms with Crippen LogP contribution in [0.3, 0.4) is 0 Å². The molecule has 0 spiro atoms. The number of halogens is 1. The number of aliphatic hydroxyl groups is 1. The summed E-state index contributed by atoms with van der Waals surface area (Å²) in [5, 5.41) is 20.2. The number of benzene rings is 2. The fourth-order valence-corrected chi connectivity index (χ4v) is 7.38. The Morgan fingerprint density at radius 2 is 1.86 bits per heavy atom. The average molecular weight is 499 g/mol. The van der Waals surface area contributed by atoms with Crippen molar-refractivity contribution in [2.24, 2.45) is 11.8 Å². The molecule has 3 heterocycles. The van der Waals surface area contributed by atoms with Gasteiger partial charge in [-0.2, -0.15) is 4.31 Å². The van der Waals surface area contributed by atoms with E-state index in [9.17, 15) is 32.6 Å². The Balaban J connectivity index is 1.71. The molecule has 5 rings (SSSR count). The Labute approximate surface area is 200 Å². The molecule has 1 saturated heterocycles. The zero-order valence-electron chi connectivity index (χ0n) is 18.7. The molecule has 2 bridgehead atoms. The minimum absolute atomic E-state index is 0.0161. The maximum atomic E-state index is 13.8. The molecule has 0 aliphatic carbocycles. The van der Waals surface area contributed by atoms with Crippen molar-refractivity contribution < 1.29 is 27.8 Å². The van der Waals surface area contributed by atoms with Crippen LogP contribution in [0.15, 0.2) is 70.4 Å². The maximum Gasteiger partial charge on any atom is 0.308 e. The Morgan fingerprint density at radius 3 is 2.51 bits per heavy atom. The number of aryl methyl sites for hydroxylation is 1. The largest absolute Gasteiger partial charge is 0.481 e. The summed E-state index contributed by atoms with van der Waals surface area (Å²) in [5.41, 5.74) is 1.06. The van der Waals surface area contributed by atoms with Crippen molar-refractivity contribution in [3.05, 3.63) is 88.1 Å². The zero-order valence-corrected chi connectivity index (χ0v) is 19.5. The fraction of sp³-hybridized carbons (Fsp3) is 0.280. The second-order valence-electron chi connectivity index (χ2n) is 8.97. The van der Waals surface area contributed by atoms with Gasteiger partial charge in [0.25, 0.3) is 5.56 Å². The number of hydrogen-bond donors (Lipinski definition) is 2. The van der Waals surface area contributed by atoms with Gasteiger partial charge in [0.1, 0.15) is 5.82 Å². The predicted octanol–water partition coefficient (Wildman–Crippen LogP) is 2.40. The maximum absolute atomic E-state index is 13.8. The third-order valence-corrected chi connectivity index (χ3v) is 8.88. The van der Waals surface area contributed by atoms with Gasteiger partial charge >= 0.3 is 5.97 Å². The highest BCUT2D eigenvalue weighted by atomic mass is 32.2. The number of sulfonamides is 1. The summed E-state index contributed by atoms with van der Waals surface area (Å²) in [4.78, 5) is 25.8. The molecule has 1 fully saturated rings. The number of carboxylic acid groups (broad SMARTS) is 1. The van der Waals surface area contributed by atoms with Crippen LogP contribution in [0.25, 0.3) is 11.1 Å². The van der Waals surface area contributed by atoms with E-state index in [0.717, 1.165) is 9.87 Å². The second kappa shape index (κ2) is 8.40. The third kappa shape index (κ3) is 3.60. The number of aromatic nitrogens is 1. The summed E-state index contributed by atoms with van der Waals surface area (Å²) in [6.45, 7) is 1.06. The van der Waals surface area contributed by atoms with Gasteiger partial charge in [-0.25, -0.2) is 12.8 Å². The minimum Gasteiger partial charge on any atom is -0.481 e. The van der Waals surface area contributed by atoms with E-state index in [-0.39, 0.29) is 22.7 Å². The Kier molecular flexibility index (Phi) is 5.62. The van der Waals surface area contributed by atoms with E-state index >= 15 is 0 Å². The van der Waals surface area contributed by atoms with Gasteiger partial charge in [0.2, 0.25) is 10.0 Å². The predicted molar refractivity (Wildman–Crippen MR) is 125 cm³/mol. The lowest BCUT2D eigenvalue weighted by atomic mass is 9.87. The standard InChI is InChI=1S/C25H23FN2O6S/c1-14-4-2-7-17(10-14)35(33,34)28-21-12-27-20(23(28)22(25(31)32)19(21)13-29)9-8-18(24(27)30)15-5-3-6-16(26)11-15/h2-11,19,21-23,29H,12-13H2,1H3,(H,31,32)/t19-,21-,22+,23+/m0/s1.